The molecule has 0 atom stereocenters. The van der Waals surface area contributed by atoms with Crippen LogP contribution in [0.25, 0.3) is 10.8 Å². The highest BCUT2D eigenvalue weighted by Gasteiger charge is 2.41. The molecule has 0 fully saturated rings. The Morgan fingerprint density at radius 1 is 1.06 bits per heavy atom. The van der Waals surface area contributed by atoms with Crippen molar-refractivity contribution in [1.29, 1.82) is 0 Å². The fourth-order valence-electron chi connectivity index (χ4n) is 4.41. The van der Waals surface area contributed by atoms with E-state index in [1.807, 2.05) is 19.1 Å². The summed E-state index contributed by atoms with van der Waals surface area (Å²) in [5, 5.41) is 4.84. The van der Waals surface area contributed by atoms with Gasteiger partial charge in [-0.3, -0.25) is 4.79 Å². The summed E-state index contributed by atoms with van der Waals surface area (Å²) in [5.41, 5.74) is 1.87. The van der Waals surface area contributed by atoms with Crippen molar-refractivity contribution in [3.8, 4) is 0 Å². The molecule has 0 saturated carbocycles. The molecule has 3 aromatic carbocycles. The van der Waals surface area contributed by atoms with Gasteiger partial charge in [-0.1, -0.05) is 50.2 Å². The molecule has 1 heterocycles. The molecule has 0 aliphatic carbocycles. The van der Waals surface area contributed by atoms with Crippen LogP contribution in [0.3, 0.4) is 0 Å². The van der Waals surface area contributed by atoms with Gasteiger partial charge in [0.25, 0.3) is 0 Å². The topological polar surface area (TPSA) is 32.3 Å². The molecule has 0 saturated heterocycles. The van der Waals surface area contributed by atoms with E-state index >= 15 is 0 Å². The lowest BCUT2D eigenvalue weighted by Crippen LogP contribution is -2.28. The van der Waals surface area contributed by atoms with Gasteiger partial charge in [0.15, 0.2) is 0 Å². The average molecular weight is 424 g/mol. The molecule has 0 bridgehead atoms. The minimum absolute atomic E-state index is 0.110. The number of carbonyl (C=O) groups excluding carboxylic acids is 1. The van der Waals surface area contributed by atoms with E-state index in [4.69, 9.17) is 0 Å². The molecule has 1 aliphatic heterocycles. The molecule has 1 N–H and O–H groups in total. The number of carbonyl (C=O) groups is 1. The van der Waals surface area contributed by atoms with Crippen molar-refractivity contribution in [3.05, 3.63) is 83.6 Å². The first-order valence-electron chi connectivity index (χ1n) is 10.1. The van der Waals surface area contributed by atoms with E-state index in [9.17, 15) is 18.0 Å². The maximum atomic E-state index is 13.0. The fourth-order valence-corrected chi connectivity index (χ4v) is 4.41. The van der Waals surface area contributed by atoms with Gasteiger partial charge >= 0.3 is 6.18 Å². The second kappa shape index (κ2) is 7.45. The van der Waals surface area contributed by atoms with Crippen LogP contribution < -0.4 is 10.2 Å². The number of likely N-dealkylation sites (N-methyl/N-ethyl adjacent to an activating group) is 1. The molecule has 4 rings (SSSR count). The van der Waals surface area contributed by atoms with E-state index in [2.05, 4.69) is 48.3 Å². The molecule has 6 heteroatoms. The highest BCUT2D eigenvalue weighted by atomic mass is 19.4. The van der Waals surface area contributed by atoms with Crippen molar-refractivity contribution in [1.82, 2.24) is 0 Å². The van der Waals surface area contributed by atoms with Gasteiger partial charge in [0.05, 0.1) is 5.56 Å². The van der Waals surface area contributed by atoms with Gasteiger partial charge in [-0.2, -0.15) is 13.2 Å². The second-order valence-corrected chi connectivity index (χ2v) is 8.15. The van der Waals surface area contributed by atoms with Crippen LogP contribution >= 0.6 is 0 Å². The normalized spacial score (nSPS) is 16.6. The van der Waals surface area contributed by atoms with Crippen LogP contribution in [-0.2, 0) is 16.4 Å². The number of nitrogens with one attached hydrogen (secondary N) is 1. The molecule has 31 heavy (non-hydrogen) atoms. The number of hydrogen-bond acceptors (Lipinski definition) is 2. The second-order valence-electron chi connectivity index (χ2n) is 8.15. The van der Waals surface area contributed by atoms with Gasteiger partial charge in [0.2, 0.25) is 5.91 Å². The minimum Gasteiger partial charge on any atom is -0.344 e. The molecular formula is C25H23F3N2O. The summed E-state index contributed by atoms with van der Waals surface area (Å²) in [7, 11) is 0. The molecule has 160 valence electrons. The summed E-state index contributed by atoms with van der Waals surface area (Å²) >= 11 is 0. The van der Waals surface area contributed by atoms with Gasteiger partial charge in [-0.05, 0) is 47.5 Å². The third kappa shape index (κ3) is 3.67. The van der Waals surface area contributed by atoms with E-state index in [0.29, 0.717) is 6.54 Å². The van der Waals surface area contributed by atoms with Crippen molar-refractivity contribution in [3.63, 3.8) is 0 Å². The summed E-state index contributed by atoms with van der Waals surface area (Å²) in [5.74, 6) is -0.460. The number of allylic oxidation sites excluding steroid dienone is 1. The Kier molecular flexibility index (Phi) is 5.04. The van der Waals surface area contributed by atoms with E-state index in [0.717, 1.165) is 39.9 Å². The van der Waals surface area contributed by atoms with E-state index in [1.165, 1.54) is 18.2 Å². The largest absolute Gasteiger partial charge is 0.416 e. The number of fused-ring (bicyclic) bond motifs is 3. The maximum Gasteiger partial charge on any atom is 0.416 e. The Hall–Kier alpha value is -3.28. The van der Waals surface area contributed by atoms with Crippen LogP contribution in [0.5, 0.6) is 0 Å². The molecular weight excluding hydrogens is 401 g/mol. The van der Waals surface area contributed by atoms with Crippen LogP contribution in [-0.4, -0.2) is 12.5 Å². The van der Waals surface area contributed by atoms with Crippen molar-refractivity contribution < 1.29 is 18.0 Å². The average Bonchev–Trinajstić information content (AvgIpc) is 2.94. The molecule has 1 amide bonds. The van der Waals surface area contributed by atoms with E-state index < -0.39 is 23.1 Å². The molecule has 1 aliphatic rings. The number of halogens is 3. The quantitative estimate of drug-likeness (QED) is 0.487. The fraction of sp³-hybridized carbons (Fsp3) is 0.240. The van der Waals surface area contributed by atoms with Crippen LogP contribution in [0.15, 0.2) is 72.4 Å². The lowest BCUT2D eigenvalue weighted by molar-refractivity contribution is -0.137. The number of nitrogens with zero attached hydrogens (tertiary/aromatic N) is 1. The zero-order chi connectivity index (χ0) is 22.4. The maximum absolute atomic E-state index is 13.0. The molecule has 3 aromatic rings. The Morgan fingerprint density at radius 2 is 1.81 bits per heavy atom. The minimum atomic E-state index is -4.46. The monoisotopic (exact) mass is 424 g/mol. The van der Waals surface area contributed by atoms with Crippen molar-refractivity contribution >= 4 is 28.1 Å². The molecule has 0 aromatic heterocycles. The van der Waals surface area contributed by atoms with Gasteiger partial charge in [-0.15, -0.1) is 0 Å². The number of amides is 1. The third-order valence-corrected chi connectivity index (χ3v) is 5.80. The standard InChI is InChI=1S/C25H23F3N2O/c1-4-30-20-13-12-16-8-5-6-11-19(16)23(20)24(2,3)21(30)15-22(31)29-18-10-7-9-17(14-18)25(26,27)28/h5-15H,4H2,1-3H3,(H,29,31)/b21-15+. The molecule has 0 radical (unpaired) electrons. The first-order valence-corrected chi connectivity index (χ1v) is 10.1. The number of anilines is 2. The van der Waals surface area contributed by atoms with E-state index in [1.54, 1.807) is 0 Å². The van der Waals surface area contributed by atoms with Crippen LogP contribution in [0.2, 0.25) is 0 Å². The molecule has 0 spiro atoms. The van der Waals surface area contributed by atoms with Crippen LogP contribution in [0, 0.1) is 0 Å². The number of alkyl halides is 3. The summed E-state index contributed by atoms with van der Waals surface area (Å²) < 4.78 is 38.9. The van der Waals surface area contributed by atoms with E-state index in [-0.39, 0.29) is 5.69 Å². The van der Waals surface area contributed by atoms with Crippen molar-refractivity contribution in [2.24, 2.45) is 0 Å². The van der Waals surface area contributed by atoms with Crippen LogP contribution in [0.4, 0.5) is 24.5 Å². The Morgan fingerprint density at radius 3 is 2.52 bits per heavy atom. The first kappa shape index (κ1) is 21.0. The van der Waals surface area contributed by atoms with Crippen LogP contribution in [0.1, 0.15) is 31.9 Å². The highest BCUT2D eigenvalue weighted by molar-refractivity contribution is 6.02. The third-order valence-electron chi connectivity index (χ3n) is 5.80. The first-order chi connectivity index (χ1) is 14.6. The SMILES string of the molecule is CCN1/C(=C/C(=O)Nc2cccc(C(F)(F)F)c2)C(C)(C)c2c1ccc1ccccc21. The Balaban J connectivity index is 1.72. The summed E-state index contributed by atoms with van der Waals surface area (Å²) in [6.07, 6.45) is -2.97. The highest BCUT2D eigenvalue weighted by Crippen LogP contribution is 2.50. The zero-order valence-electron chi connectivity index (χ0n) is 17.5. The Labute approximate surface area is 179 Å². The molecule has 3 nitrogen and oxygen atoms in total. The predicted molar refractivity (Wildman–Crippen MR) is 118 cm³/mol. The number of benzene rings is 3. The predicted octanol–water partition coefficient (Wildman–Crippen LogP) is 6.50. The zero-order valence-corrected chi connectivity index (χ0v) is 17.5. The number of hydrogen-bond donors (Lipinski definition) is 1. The van der Waals surface area contributed by atoms with Gasteiger partial charge in [-0.25, -0.2) is 0 Å². The summed E-state index contributed by atoms with van der Waals surface area (Å²) in [6.45, 7) is 6.81. The Bertz CT molecular complexity index is 1190. The summed E-state index contributed by atoms with van der Waals surface area (Å²) in [6, 6.07) is 16.9. The van der Waals surface area contributed by atoms with Gasteiger partial charge in [0, 0.05) is 35.1 Å². The van der Waals surface area contributed by atoms with Gasteiger partial charge in [0.1, 0.15) is 0 Å². The van der Waals surface area contributed by atoms with Gasteiger partial charge < -0.3 is 10.2 Å². The smallest absolute Gasteiger partial charge is 0.344 e. The number of rotatable bonds is 3. The van der Waals surface area contributed by atoms with Crippen molar-refractivity contribution in [2.75, 3.05) is 16.8 Å². The molecule has 0 unspecified atom stereocenters. The lowest BCUT2D eigenvalue weighted by atomic mass is 9.81. The van der Waals surface area contributed by atoms with Crippen molar-refractivity contribution in [2.45, 2.75) is 32.4 Å². The summed E-state index contributed by atoms with van der Waals surface area (Å²) in [4.78, 5) is 14.9. The lowest BCUT2D eigenvalue weighted by Gasteiger charge is -2.26.